The number of nitrogens with one attached hydrogen (secondary N) is 1. The number of rotatable bonds is 3. The van der Waals surface area contributed by atoms with Crippen molar-refractivity contribution < 1.29 is 9.47 Å². The average molecular weight is 340 g/mol. The molecule has 1 unspecified atom stereocenters. The quantitative estimate of drug-likeness (QED) is 0.723. The Morgan fingerprint density at radius 2 is 1.31 bits per heavy atom. The topological polar surface area (TPSA) is 13.7 Å². The summed E-state index contributed by atoms with van der Waals surface area (Å²) < 4.78 is 7.04. The highest BCUT2D eigenvalue weighted by Gasteiger charge is 2.64. The van der Waals surface area contributed by atoms with Gasteiger partial charge >= 0.3 is 7.05 Å². The molecule has 0 spiro atoms. The first-order valence-corrected chi connectivity index (χ1v) is 9.59. The van der Waals surface area contributed by atoms with Crippen LogP contribution in [0.3, 0.4) is 0 Å². The van der Waals surface area contributed by atoms with Gasteiger partial charge in [0.25, 0.3) is 0 Å². The highest BCUT2D eigenvalue weighted by Crippen LogP contribution is 2.41. The van der Waals surface area contributed by atoms with E-state index in [-0.39, 0.29) is 12.7 Å². The number of fused-ring (bicyclic) bond motifs is 1. The van der Waals surface area contributed by atoms with Crippen LogP contribution >= 0.6 is 0 Å². The van der Waals surface area contributed by atoms with Crippen molar-refractivity contribution in [3.05, 3.63) is 102 Å². The van der Waals surface area contributed by atoms with E-state index in [2.05, 4.69) is 91.0 Å². The minimum absolute atomic E-state index is 0.0871. The largest absolute Gasteiger partial charge is 0.610 e. The fraction of sp³-hybridized carbons (Fsp3) is 0.217. The summed E-state index contributed by atoms with van der Waals surface area (Å²) in [6, 6.07) is 32.8. The van der Waals surface area contributed by atoms with Crippen LogP contribution in [0, 0.1) is 0 Å². The van der Waals surface area contributed by atoms with Crippen LogP contribution in [-0.2, 0) is 10.3 Å². The Morgan fingerprint density at radius 3 is 1.88 bits per heavy atom. The van der Waals surface area contributed by atoms with Crippen LogP contribution in [-0.4, -0.2) is 19.6 Å². The summed E-state index contributed by atoms with van der Waals surface area (Å²) in [6.07, 6.45) is 2.45. The van der Waals surface area contributed by atoms with Gasteiger partial charge in [-0.1, -0.05) is 91.0 Å². The van der Waals surface area contributed by atoms with Crippen LogP contribution in [0.1, 0.15) is 24.0 Å². The molecular formula is C23H23BNO+. The lowest BCUT2D eigenvalue weighted by Crippen LogP contribution is -3.19. The second-order valence-electron chi connectivity index (χ2n) is 7.40. The van der Waals surface area contributed by atoms with E-state index in [4.69, 9.17) is 4.65 Å². The lowest BCUT2D eigenvalue weighted by molar-refractivity contribution is -0.799. The molecule has 0 radical (unpaired) electrons. The van der Waals surface area contributed by atoms with Gasteiger partial charge in [-0.05, 0) is 11.1 Å². The van der Waals surface area contributed by atoms with Crippen LogP contribution in [0.4, 0.5) is 0 Å². The molecule has 3 heteroatoms. The molecule has 2 saturated heterocycles. The minimum Gasteiger partial charge on any atom is -0.368 e. The average Bonchev–Trinajstić information content (AvgIpc) is 3.32. The van der Waals surface area contributed by atoms with Gasteiger partial charge in [0, 0.05) is 18.3 Å². The monoisotopic (exact) mass is 340 g/mol. The van der Waals surface area contributed by atoms with E-state index in [9.17, 15) is 0 Å². The summed E-state index contributed by atoms with van der Waals surface area (Å²) in [4.78, 5) is 1.57. The SMILES string of the molecule is c1ccc(B2OC(c3ccccc3)(c3ccccc3)[C@@H]3CCC[NH+]23)cc1. The van der Waals surface area contributed by atoms with Crippen molar-refractivity contribution in [1.82, 2.24) is 0 Å². The van der Waals surface area contributed by atoms with Crippen molar-refractivity contribution in [3.8, 4) is 0 Å². The van der Waals surface area contributed by atoms with Gasteiger partial charge in [-0.25, -0.2) is 0 Å². The molecule has 0 amide bonds. The molecule has 2 fully saturated rings. The molecule has 5 rings (SSSR count). The van der Waals surface area contributed by atoms with Crippen LogP contribution in [0.25, 0.3) is 0 Å². The van der Waals surface area contributed by atoms with Crippen molar-refractivity contribution in [1.29, 1.82) is 0 Å². The molecule has 0 aromatic heterocycles. The Labute approximate surface area is 155 Å². The van der Waals surface area contributed by atoms with Gasteiger partial charge in [-0.2, -0.15) is 0 Å². The number of hydrogen-bond acceptors (Lipinski definition) is 1. The lowest BCUT2D eigenvalue weighted by atomic mass is 9.72. The summed E-state index contributed by atoms with van der Waals surface area (Å²) in [5.41, 5.74) is 3.45. The Bertz CT molecular complexity index is 829. The highest BCUT2D eigenvalue weighted by molar-refractivity contribution is 6.60. The summed E-state index contributed by atoms with van der Waals surface area (Å²) >= 11 is 0. The molecule has 1 N–H and O–H groups in total. The van der Waals surface area contributed by atoms with E-state index in [1.54, 1.807) is 4.81 Å². The van der Waals surface area contributed by atoms with Gasteiger partial charge in [0.1, 0.15) is 6.04 Å². The second kappa shape index (κ2) is 6.42. The van der Waals surface area contributed by atoms with Gasteiger partial charge in [0.05, 0.1) is 6.54 Å². The third-order valence-electron chi connectivity index (χ3n) is 6.04. The Morgan fingerprint density at radius 1 is 0.769 bits per heavy atom. The fourth-order valence-electron chi connectivity index (χ4n) is 4.98. The first-order valence-electron chi connectivity index (χ1n) is 9.59. The standard InChI is InChI=1S/C23H22BNO/c1-4-11-19(12-5-1)23(20-13-6-2-7-14-20)22-17-10-18-25(22)24(26-23)21-15-8-3-9-16-21/h1-9,11-16,22H,10,17-18H2/p+1/t22-/m0/s1. The van der Waals surface area contributed by atoms with E-state index in [1.165, 1.54) is 36.0 Å². The smallest absolute Gasteiger partial charge is 0.368 e. The molecule has 3 aromatic rings. The van der Waals surface area contributed by atoms with Gasteiger partial charge in [-0.3, -0.25) is 0 Å². The minimum atomic E-state index is -0.380. The molecule has 0 saturated carbocycles. The number of benzene rings is 3. The molecule has 2 aliphatic heterocycles. The maximum Gasteiger partial charge on any atom is 0.610 e. The van der Waals surface area contributed by atoms with Crippen molar-refractivity contribution in [2.24, 2.45) is 0 Å². The Balaban J connectivity index is 1.70. The molecule has 2 atom stereocenters. The summed E-state index contributed by atoms with van der Waals surface area (Å²) in [5, 5.41) is 0. The molecular weight excluding hydrogens is 317 g/mol. The van der Waals surface area contributed by atoms with Gasteiger partial charge in [0.2, 0.25) is 0 Å². The number of quaternary nitrogens is 1. The Hall–Kier alpha value is -2.36. The van der Waals surface area contributed by atoms with E-state index in [1.807, 2.05) is 0 Å². The zero-order chi connectivity index (χ0) is 17.4. The second-order valence-corrected chi connectivity index (χ2v) is 7.40. The maximum atomic E-state index is 7.04. The molecule has 2 heterocycles. The Kier molecular flexibility index (Phi) is 3.92. The van der Waals surface area contributed by atoms with Gasteiger partial charge < -0.3 is 9.47 Å². The maximum absolute atomic E-state index is 7.04. The lowest BCUT2D eigenvalue weighted by Gasteiger charge is -2.33. The zero-order valence-electron chi connectivity index (χ0n) is 14.8. The van der Waals surface area contributed by atoms with Crippen molar-refractivity contribution in [2.75, 3.05) is 6.54 Å². The van der Waals surface area contributed by atoms with E-state index < -0.39 is 0 Å². The summed E-state index contributed by atoms with van der Waals surface area (Å²) in [7, 11) is 0.0871. The van der Waals surface area contributed by atoms with E-state index >= 15 is 0 Å². The predicted octanol–water partition coefficient (Wildman–Crippen LogP) is 2.40. The van der Waals surface area contributed by atoms with Crippen LogP contribution < -0.4 is 10.3 Å². The number of hydrogen-bond donors (Lipinski definition) is 1. The fourth-order valence-corrected chi connectivity index (χ4v) is 4.98. The van der Waals surface area contributed by atoms with Gasteiger partial charge in [0.15, 0.2) is 5.60 Å². The molecule has 0 aliphatic carbocycles. The third kappa shape index (κ3) is 2.35. The molecule has 3 aromatic carbocycles. The van der Waals surface area contributed by atoms with Crippen LogP contribution in [0.5, 0.6) is 0 Å². The highest BCUT2D eigenvalue weighted by atomic mass is 16.5. The molecule has 26 heavy (non-hydrogen) atoms. The van der Waals surface area contributed by atoms with Crippen molar-refractivity contribution >= 4 is 12.5 Å². The molecule has 2 nitrogen and oxygen atoms in total. The molecule has 0 bridgehead atoms. The zero-order valence-corrected chi connectivity index (χ0v) is 14.8. The van der Waals surface area contributed by atoms with Crippen molar-refractivity contribution in [3.63, 3.8) is 0 Å². The van der Waals surface area contributed by atoms with Gasteiger partial charge in [-0.15, -0.1) is 0 Å². The first kappa shape index (κ1) is 15.9. The normalized spacial score (nSPS) is 23.8. The molecule has 2 aliphatic rings. The summed E-state index contributed by atoms with van der Waals surface area (Å²) in [6.45, 7) is 1.17. The van der Waals surface area contributed by atoms with Crippen LogP contribution in [0.15, 0.2) is 91.0 Å². The van der Waals surface area contributed by atoms with Crippen molar-refractivity contribution in [2.45, 2.75) is 24.5 Å². The predicted molar refractivity (Wildman–Crippen MR) is 105 cm³/mol. The molecule has 128 valence electrons. The van der Waals surface area contributed by atoms with E-state index in [0.29, 0.717) is 6.04 Å². The van der Waals surface area contributed by atoms with E-state index in [0.717, 1.165) is 0 Å². The first-order chi connectivity index (χ1) is 12.9. The third-order valence-corrected chi connectivity index (χ3v) is 6.04. The summed E-state index contributed by atoms with van der Waals surface area (Å²) in [5.74, 6) is 0. The van der Waals surface area contributed by atoms with Crippen LogP contribution in [0.2, 0.25) is 0 Å².